The summed E-state index contributed by atoms with van der Waals surface area (Å²) in [4.78, 5) is 14.2. The van der Waals surface area contributed by atoms with Crippen LogP contribution in [0.2, 0.25) is 0 Å². The molecule has 1 saturated heterocycles. The summed E-state index contributed by atoms with van der Waals surface area (Å²) in [7, 11) is 0. The molecule has 0 aliphatic carbocycles. The van der Waals surface area contributed by atoms with Crippen molar-refractivity contribution >= 4 is 5.91 Å². The molecule has 0 radical (unpaired) electrons. The van der Waals surface area contributed by atoms with E-state index in [1.807, 2.05) is 11.0 Å². The third-order valence-electron chi connectivity index (χ3n) is 3.70. The lowest BCUT2D eigenvalue weighted by atomic mass is 9.89. The fourth-order valence-electron chi connectivity index (χ4n) is 2.80. The molecular formula is C13H15FN2O. The van der Waals surface area contributed by atoms with E-state index in [2.05, 4.69) is 5.32 Å². The summed E-state index contributed by atoms with van der Waals surface area (Å²) in [5, 5.41) is 3.29. The van der Waals surface area contributed by atoms with Crippen LogP contribution in [0.3, 0.4) is 0 Å². The van der Waals surface area contributed by atoms with Crippen LogP contribution in [0.4, 0.5) is 4.39 Å². The van der Waals surface area contributed by atoms with Crippen molar-refractivity contribution in [1.29, 1.82) is 0 Å². The van der Waals surface area contributed by atoms with Crippen LogP contribution in [0.25, 0.3) is 0 Å². The Hall–Kier alpha value is -1.42. The lowest BCUT2D eigenvalue weighted by Crippen LogP contribution is -2.56. The molecule has 2 aliphatic rings. The Morgan fingerprint density at radius 3 is 3.18 bits per heavy atom. The van der Waals surface area contributed by atoms with E-state index >= 15 is 0 Å². The average molecular weight is 234 g/mol. The van der Waals surface area contributed by atoms with Crippen molar-refractivity contribution in [3.63, 3.8) is 0 Å². The van der Waals surface area contributed by atoms with Gasteiger partial charge in [0.15, 0.2) is 0 Å². The van der Waals surface area contributed by atoms with Crippen molar-refractivity contribution in [2.24, 2.45) is 0 Å². The Morgan fingerprint density at radius 1 is 1.47 bits per heavy atom. The number of carbonyl (C=O) groups is 1. The average Bonchev–Trinajstić information content (AvgIpc) is 2.38. The van der Waals surface area contributed by atoms with E-state index in [4.69, 9.17) is 0 Å². The molecule has 1 aromatic rings. The lowest BCUT2D eigenvalue weighted by Gasteiger charge is -2.40. The molecule has 1 fully saturated rings. The highest BCUT2D eigenvalue weighted by Crippen LogP contribution is 2.27. The van der Waals surface area contributed by atoms with Crippen LogP contribution in [0, 0.1) is 0 Å². The van der Waals surface area contributed by atoms with E-state index < -0.39 is 6.67 Å². The maximum absolute atomic E-state index is 12.9. The Labute approximate surface area is 99.6 Å². The molecular weight excluding hydrogens is 219 g/mol. The predicted molar refractivity (Wildman–Crippen MR) is 62.7 cm³/mol. The number of fused-ring (bicyclic) bond motifs is 2. The van der Waals surface area contributed by atoms with Crippen LogP contribution >= 0.6 is 0 Å². The number of nitrogens with zero attached hydrogens (tertiary/aromatic N) is 1. The van der Waals surface area contributed by atoms with Crippen molar-refractivity contribution in [2.45, 2.75) is 19.1 Å². The minimum atomic E-state index is -0.489. The number of nitrogens with one attached hydrogen (secondary N) is 1. The van der Waals surface area contributed by atoms with Crippen molar-refractivity contribution in [2.75, 3.05) is 19.6 Å². The highest BCUT2D eigenvalue weighted by molar-refractivity contribution is 5.97. The molecule has 2 aliphatic heterocycles. The smallest absolute Gasteiger partial charge is 0.254 e. The number of halogens is 1. The monoisotopic (exact) mass is 234 g/mol. The Morgan fingerprint density at radius 2 is 2.35 bits per heavy atom. The molecule has 0 spiro atoms. The van der Waals surface area contributed by atoms with E-state index in [1.54, 1.807) is 12.1 Å². The molecule has 1 aromatic carbocycles. The maximum Gasteiger partial charge on any atom is 0.254 e. The molecule has 1 amide bonds. The number of benzene rings is 1. The fraction of sp³-hybridized carbons (Fsp3) is 0.462. The first-order valence-corrected chi connectivity index (χ1v) is 5.99. The van der Waals surface area contributed by atoms with Crippen LogP contribution in [0.1, 0.15) is 21.5 Å². The molecule has 1 atom stereocenters. The number of piperazine rings is 1. The summed E-state index contributed by atoms with van der Waals surface area (Å²) in [6.07, 6.45) is 0.772. The SMILES string of the molecule is O=C1c2cccc(CF)c2C[C@@H]2CNCCN12. The second kappa shape index (κ2) is 4.11. The molecule has 3 rings (SSSR count). The minimum absolute atomic E-state index is 0.0630. The fourth-order valence-corrected chi connectivity index (χ4v) is 2.80. The van der Waals surface area contributed by atoms with Gasteiger partial charge in [-0.3, -0.25) is 4.79 Å². The van der Waals surface area contributed by atoms with Gasteiger partial charge in [0, 0.05) is 31.2 Å². The predicted octanol–water partition coefficient (Wildman–Crippen LogP) is 1.13. The maximum atomic E-state index is 12.9. The van der Waals surface area contributed by atoms with E-state index in [9.17, 15) is 9.18 Å². The van der Waals surface area contributed by atoms with Crippen LogP contribution in [0.15, 0.2) is 18.2 Å². The summed E-state index contributed by atoms with van der Waals surface area (Å²) in [6, 6.07) is 5.55. The summed E-state index contributed by atoms with van der Waals surface area (Å²) in [5.74, 6) is 0.0630. The second-order valence-electron chi connectivity index (χ2n) is 4.64. The number of rotatable bonds is 1. The zero-order valence-electron chi connectivity index (χ0n) is 9.58. The standard InChI is InChI=1S/C13H15FN2O/c14-7-9-2-1-3-11-12(9)6-10-8-15-4-5-16(10)13(11)17/h1-3,10,15H,4-8H2/t10-/m1/s1. The van der Waals surface area contributed by atoms with Crippen LogP contribution in [-0.4, -0.2) is 36.5 Å². The van der Waals surface area contributed by atoms with Gasteiger partial charge in [0.1, 0.15) is 6.67 Å². The number of carbonyl (C=O) groups excluding carboxylic acids is 1. The normalized spacial score (nSPS) is 23.2. The first kappa shape index (κ1) is 10.7. The van der Waals surface area contributed by atoms with E-state index in [0.29, 0.717) is 11.1 Å². The second-order valence-corrected chi connectivity index (χ2v) is 4.64. The molecule has 0 aromatic heterocycles. The van der Waals surface area contributed by atoms with E-state index in [-0.39, 0.29) is 11.9 Å². The van der Waals surface area contributed by atoms with Gasteiger partial charge in [-0.15, -0.1) is 0 Å². The lowest BCUT2D eigenvalue weighted by molar-refractivity contribution is 0.0605. The first-order valence-electron chi connectivity index (χ1n) is 5.99. The zero-order valence-corrected chi connectivity index (χ0v) is 9.58. The highest BCUT2D eigenvalue weighted by atomic mass is 19.1. The Balaban J connectivity index is 2.05. The third kappa shape index (κ3) is 1.63. The minimum Gasteiger partial charge on any atom is -0.333 e. The molecule has 2 heterocycles. The summed E-state index contributed by atoms with van der Waals surface area (Å²) >= 11 is 0. The van der Waals surface area contributed by atoms with Gasteiger partial charge in [0.2, 0.25) is 0 Å². The van der Waals surface area contributed by atoms with Gasteiger partial charge >= 0.3 is 0 Å². The summed E-state index contributed by atoms with van der Waals surface area (Å²) in [5.41, 5.74) is 2.27. The summed E-state index contributed by atoms with van der Waals surface area (Å²) < 4.78 is 12.9. The number of amides is 1. The van der Waals surface area contributed by atoms with E-state index in [0.717, 1.165) is 31.6 Å². The van der Waals surface area contributed by atoms with Crippen molar-refractivity contribution in [3.8, 4) is 0 Å². The quantitative estimate of drug-likeness (QED) is 0.790. The molecule has 90 valence electrons. The topological polar surface area (TPSA) is 32.3 Å². The number of alkyl halides is 1. The molecule has 0 saturated carbocycles. The first-order chi connectivity index (χ1) is 8.31. The van der Waals surface area contributed by atoms with Gasteiger partial charge in [-0.1, -0.05) is 12.1 Å². The zero-order chi connectivity index (χ0) is 11.8. The highest BCUT2D eigenvalue weighted by Gasteiger charge is 2.34. The number of hydrogen-bond donors (Lipinski definition) is 1. The van der Waals surface area contributed by atoms with Crippen LogP contribution < -0.4 is 5.32 Å². The van der Waals surface area contributed by atoms with Crippen molar-refractivity contribution in [1.82, 2.24) is 10.2 Å². The van der Waals surface area contributed by atoms with Gasteiger partial charge in [0.05, 0.1) is 0 Å². The molecule has 1 N–H and O–H groups in total. The molecule has 17 heavy (non-hydrogen) atoms. The molecule has 0 bridgehead atoms. The third-order valence-corrected chi connectivity index (χ3v) is 3.70. The van der Waals surface area contributed by atoms with Crippen LogP contribution in [-0.2, 0) is 13.1 Å². The largest absolute Gasteiger partial charge is 0.333 e. The van der Waals surface area contributed by atoms with Gasteiger partial charge in [0.25, 0.3) is 5.91 Å². The number of hydrogen-bond acceptors (Lipinski definition) is 2. The Bertz CT molecular complexity index is 461. The van der Waals surface area contributed by atoms with E-state index in [1.165, 1.54) is 0 Å². The molecule has 3 nitrogen and oxygen atoms in total. The molecule has 0 unspecified atom stereocenters. The van der Waals surface area contributed by atoms with Crippen molar-refractivity contribution < 1.29 is 9.18 Å². The van der Waals surface area contributed by atoms with Gasteiger partial charge in [-0.05, 0) is 23.6 Å². The van der Waals surface area contributed by atoms with Gasteiger partial charge in [-0.2, -0.15) is 0 Å². The van der Waals surface area contributed by atoms with Gasteiger partial charge in [-0.25, -0.2) is 4.39 Å². The van der Waals surface area contributed by atoms with Crippen LogP contribution in [0.5, 0.6) is 0 Å². The Kier molecular flexibility index (Phi) is 2.59. The molecule has 4 heteroatoms. The summed E-state index contributed by atoms with van der Waals surface area (Å²) in [6.45, 7) is 1.92. The van der Waals surface area contributed by atoms with Crippen molar-refractivity contribution in [3.05, 3.63) is 34.9 Å². The van der Waals surface area contributed by atoms with Gasteiger partial charge < -0.3 is 10.2 Å².